The van der Waals surface area contributed by atoms with Gasteiger partial charge in [0.2, 0.25) is 0 Å². The van der Waals surface area contributed by atoms with Gasteiger partial charge >= 0.3 is 8.56 Å². The predicted molar refractivity (Wildman–Crippen MR) is 75.3 cm³/mol. The second-order valence-electron chi connectivity index (χ2n) is 4.46. The Morgan fingerprint density at radius 2 is 2.00 bits per heavy atom. The van der Waals surface area contributed by atoms with E-state index in [2.05, 4.69) is 37.9 Å². The first-order chi connectivity index (χ1) is 8.09. The third-order valence-corrected chi connectivity index (χ3v) is 4.69. The van der Waals surface area contributed by atoms with Crippen LogP contribution in [-0.2, 0) is 15.3 Å². The number of rotatable bonds is 7. The smallest absolute Gasteiger partial charge is 0.331 e. The largest absolute Gasteiger partial charge is 0.398 e. The summed E-state index contributed by atoms with van der Waals surface area (Å²) >= 11 is 0. The summed E-state index contributed by atoms with van der Waals surface area (Å²) in [5.41, 5.74) is 2.55. The molecule has 0 aliphatic rings. The van der Waals surface area contributed by atoms with Gasteiger partial charge in [0.05, 0.1) is 0 Å². The zero-order valence-corrected chi connectivity index (χ0v) is 12.0. The van der Waals surface area contributed by atoms with Crippen LogP contribution in [0.3, 0.4) is 0 Å². The van der Waals surface area contributed by atoms with E-state index in [0.29, 0.717) is 0 Å². The van der Waals surface area contributed by atoms with Gasteiger partial charge in [0.15, 0.2) is 0 Å². The zero-order chi connectivity index (χ0) is 12.7. The number of hydrogen-bond acceptors (Lipinski definition) is 2. The molecule has 0 aromatic heterocycles. The Balaban J connectivity index is 2.38. The van der Waals surface area contributed by atoms with Gasteiger partial charge in [0, 0.05) is 13.7 Å². The summed E-state index contributed by atoms with van der Waals surface area (Å²) in [5, 5.41) is 0. The minimum atomic E-state index is -1.86. The molecule has 0 unspecified atom stereocenters. The second kappa shape index (κ2) is 6.74. The van der Waals surface area contributed by atoms with Crippen molar-refractivity contribution in [1.82, 2.24) is 0 Å². The van der Waals surface area contributed by atoms with Gasteiger partial charge in [-0.25, -0.2) is 0 Å². The molecule has 0 bridgehead atoms. The summed E-state index contributed by atoms with van der Waals surface area (Å²) in [4.78, 5) is 0. The molecular formula is C14H22O2Si. The maximum atomic E-state index is 5.76. The molecule has 0 radical (unpaired) electrons. The Morgan fingerprint density at radius 1 is 1.29 bits per heavy atom. The summed E-state index contributed by atoms with van der Waals surface area (Å²) in [5.74, 6) is 0. The second-order valence-corrected chi connectivity index (χ2v) is 7.96. The van der Waals surface area contributed by atoms with Crippen LogP contribution in [0, 0.1) is 0 Å². The highest BCUT2D eigenvalue weighted by Crippen LogP contribution is 2.13. The quantitative estimate of drug-likeness (QED) is 0.543. The summed E-state index contributed by atoms with van der Waals surface area (Å²) < 4.78 is 11.1. The molecule has 3 heteroatoms. The highest BCUT2D eigenvalue weighted by Gasteiger charge is 2.21. The van der Waals surface area contributed by atoms with Gasteiger partial charge < -0.3 is 8.85 Å². The van der Waals surface area contributed by atoms with Crippen LogP contribution < -0.4 is 0 Å². The van der Waals surface area contributed by atoms with E-state index >= 15 is 0 Å². The summed E-state index contributed by atoms with van der Waals surface area (Å²) in [6, 6.07) is 8.35. The molecule has 0 aliphatic carbocycles. The van der Waals surface area contributed by atoms with Crippen LogP contribution in [0.1, 0.15) is 17.5 Å². The van der Waals surface area contributed by atoms with Gasteiger partial charge in [0.1, 0.15) is 0 Å². The normalized spacial score (nSPS) is 11.5. The lowest BCUT2D eigenvalue weighted by Gasteiger charge is -2.20. The van der Waals surface area contributed by atoms with Crippen molar-refractivity contribution >= 4 is 14.6 Å². The Bertz CT molecular complexity index is 361. The maximum absolute atomic E-state index is 5.76. The summed E-state index contributed by atoms with van der Waals surface area (Å²) in [6.45, 7) is 8.71. The fourth-order valence-electron chi connectivity index (χ4n) is 1.60. The van der Waals surface area contributed by atoms with Crippen molar-refractivity contribution in [1.29, 1.82) is 0 Å². The van der Waals surface area contributed by atoms with Crippen LogP contribution in [0.5, 0.6) is 0 Å². The number of aryl methyl sites for hydroxylation is 1. The Hall–Kier alpha value is -0.903. The minimum absolute atomic E-state index is 0.762. The SMILES string of the molecule is C=Cc1ccccc1CCCO[Si](C)(C)OC. The highest BCUT2D eigenvalue weighted by atomic mass is 28.4. The van der Waals surface area contributed by atoms with Gasteiger partial charge in [0.25, 0.3) is 0 Å². The van der Waals surface area contributed by atoms with Crippen molar-refractivity contribution in [3.05, 3.63) is 42.0 Å². The lowest BCUT2D eigenvalue weighted by atomic mass is 10.0. The fraction of sp³-hybridized carbons (Fsp3) is 0.429. The number of benzene rings is 1. The molecule has 1 rings (SSSR count). The van der Waals surface area contributed by atoms with E-state index in [0.717, 1.165) is 19.4 Å². The monoisotopic (exact) mass is 250 g/mol. The van der Waals surface area contributed by atoms with Gasteiger partial charge in [-0.05, 0) is 37.1 Å². The molecule has 0 amide bonds. The van der Waals surface area contributed by atoms with Gasteiger partial charge in [-0.2, -0.15) is 0 Å². The molecule has 0 fully saturated rings. The first-order valence-corrected chi connectivity index (χ1v) is 8.80. The average Bonchev–Trinajstić information content (AvgIpc) is 2.35. The highest BCUT2D eigenvalue weighted by molar-refractivity contribution is 6.64. The van der Waals surface area contributed by atoms with Crippen LogP contribution in [0.4, 0.5) is 0 Å². The molecule has 17 heavy (non-hydrogen) atoms. The van der Waals surface area contributed by atoms with Crippen LogP contribution in [0.25, 0.3) is 6.08 Å². The lowest BCUT2D eigenvalue weighted by molar-refractivity contribution is 0.208. The van der Waals surface area contributed by atoms with E-state index < -0.39 is 8.56 Å². The molecular weight excluding hydrogens is 228 g/mol. The van der Waals surface area contributed by atoms with Crippen molar-refractivity contribution < 1.29 is 8.85 Å². The molecule has 1 aromatic rings. The minimum Gasteiger partial charge on any atom is -0.398 e. The van der Waals surface area contributed by atoms with E-state index in [4.69, 9.17) is 8.85 Å². The molecule has 0 spiro atoms. The van der Waals surface area contributed by atoms with Gasteiger partial charge in [-0.3, -0.25) is 0 Å². The molecule has 0 heterocycles. The Kier molecular flexibility index (Phi) is 5.61. The predicted octanol–water partition coefficient (Wildman–Crippen LogP) is 3.63. The van der Waals surface area contributed by atoms with Crippen LogP contribution in [0.15, 0.2) is 30.8 Å². The molecule has 94 valence electrons. The fourth-order valence-corrected chi connectivity index (χ4v) is 2.35. The van der Waals surface area contributed by atoms with Crippen molar-refractivity contribution in [3.63, 3.8) is 0 Å². The van der Waals surface area contributed by atoms with E-state index in [1.807, 2.05) is 12.1 Å². The molecule has 0 N–H and O–H groups in total. The van der Waals surface area contributed by atoms with E-state index in [1.54, 1.807) is 7.11 Å². The molecule has 0 saturated carbocycles. The standard InChI is InChI=1S/C14H22O2Si/c1-5-13-9-6-7-10-14(13)11-8-12-16-17(3,4)15-2/h5-7,9-10H,1,8,11-12H2,2-4H3. The van der Waals surface area contributed by atoms with Crippen molar-refractivity contribution in [3.8, 4) is 0 Å². The van der Waals surface area contributed by atoms with E-state index in [-0.39, 0.29) is 0 Å². The summed E-state index contributed by atoms with van der Waals surface area (Å²) in [7, 11) is -0.136. The van der Waals surface area contributed by atoms with Crippen LogP contribution in [0.2, 0.25) is 13.1 Å². The van der Waals surface area contributed by atoms with E-state index in [1.165, 1.54) is 11.1 Å². The van der Waals surface area contributed by atoms with Crippen molar-refractivity contribution in [2.24, 2.45) is 0 Å². The van der Waals surface area contributed by atoms with Gasteiger partial charge in [-0.1, -0.05) is 36.9 Å². The average molecular weight is 250 g/mol. The van der Waals surface area contributed by atoms with E-state index in [9.17, 15) is 0 Å². The first-order valence-electron chi connectivity index (χ1n) is 5.98. The van der Waals surface area contributed by atoms with Gasteiger partial charge in [-0.15, -0.1) is 0 Å². The molecule has 0 atom stereocenters. The van der Waals surface area contributed by atoms with Crippen molar-refractivity contribution in [2.45, 2.75) is 25.9 Å². The van der Waals surface area contributed by atoms with Crippen LogP contribution >= 0.6 is 0 Å². The third-order valence-electron chi connectivity index (χ3n) is 2.81. The van der Waals surface area contributed by atoms with Crippen molar-refractivity contribution in [2.75, 3.05) is 13.7 Å². The lowest BCUT2D eigenvalue weighted by Crippen LogP contribution is -2.33. The maximum Gasteiger partial charge on any atom is 0.331 e. The molecule has 1 aromatic carbocycles. The Morgan fingerprint density at radius 3 is 2.65 bits per heavy atom. The summed E-state index contributed by atoms with van der Waals surface area (Å²) in [6.07, 6.45) is 3.95. The molecule has 0 aliphatic heterocycles. The molecule has 0 saturated heterocycles. The Labute approximate surface area is 106 Å². The third kappa shape index (κ3) is 4.85. The topological polar surface area (TPSA) is 18.5 Å². The zero-order valence-electron chi connectivity index (χ0n) is 11.0. The molecule has 2 nitrogen and oxygen atoms in total. The first kappa shape index (κ1) is 14.2. The number of hydrogen-bond donors (Lipinski definition) is 0. The van der Waals surface area contributed by atoms with Crippen LogP contribution in [-0.4, -0.2) is 22.3 Å².